The molecule has 0 spiro atoms. The van der Waals surface area contributed by atoms with Crippen LogP contribution in [0.25, 0.3) is 0 Å². The smallest absolute Gasteiger partial charge is 0.311 e. The van der Waals surface area contributed by atoms with Crippen LogP contribution in [0.15, 0.2) is 48.5 Å². The van der Waals surface area contributed by atoms with Crippen molar-refractivity contribution in [1.82, 2.24) is 10.9 Å². The van der Waals surface area contributed by atoms with Gasteiger partial charge in [0.25, 0.3) is 11.8 Å². The number of benzene rings is 2. The number of nitrogens with zero attached hydrogens (tertiary/aromatic N) is 1. The number of esters is 1. The van der Waals surface area contributed by atoms with Gasteiger partial charge in [-0.25, -0.2) is 0 Å². The van der Waals surface area contributed by atoms with E-state index in [1.807, 2.05) is 0 Å². The Morgan fingerprint density at radius 2 is 1.83 bits per heavy atom. The zero-order valence-corrected chi connectivity index (χ0v) is 17.1. The van der Waals surface area contributed by atoms with Crippen LogP contribution in [-0.4, -0.2) is 36.8 Å². The van der Waals surface area contributed by atoms with Crippen molar-refractivity contribution in [2.45, 2.75) is 6.42 Å². The first-order valence-electron chi connectivity index (χ1n) is 8.91. The number of halogens is 2. The van der Waals surface area contributed by atoms with Crippen molar-refractivity contribution < 1.29 is 23.9 Å². The highest BCUT2D eigenvalue weighted by Gasteiger charge is 2.36. The molecule has 3 amide bonds. The van der Waals surface area contributed by atoms with Crippen molar-refractivity contribution in [2.24, 2.45) is 5.92 Å². The molecule has 0 unspecified atom stereocenters. The Morgan fingerprint density at radius 1 is 1.07 bits per heavy atom. The minimum Gasteiger partial charge on any atom is -0.455 e. The van der Waals surface area contributed by atoms with E-state index < -0.39 is 30.3 Å². The Bertz CT molecular complexity index is 998. The Kier molecular flexibility index (Phi) is 6.91. The highest BCUT2D eigenvalue weighted by atomic mass is 35.5. The largest absolute Gasteiger partial charge is 0.455 e. The SMILES string of the molecule is O=C(COC(=O)[C@@H]1CC(=O)N(c2cccc(Cl)c2)C1)NNC(=O)c1ccccc1Cl. The van der Waals surface area contributed by atoms with Gasteiger partial charge >= 0.3 is 5.97 Å². The third-order valence-electron chi connectivity index (χ3n) is 4.36. The van der Waals surface area contributed by atoms with Gasteiger partial charge in [-0.3, -0.25) is 30.0 Å². The average molecular weight is 450 g/mol. The molecule has 1 atom stereocenters. The van der Waals surface area contributed by atoms with Crippen LogP contribution in [0.4, 0.5) is 5.69 Å². The van der Waals surface area contributed by atoms with Crippen LogP contribution < -0.4 is 15.8 Å². The van der Waals surface area contributed by atoms with Gasteiger partial charge in [0, 0.05) is 23.7 Å². The third kappa shape index (κ3) is 5.28. The lowest BCUT2D eigenvalue weighted by Gasteiger charge is -2.16. The minimum atomic E-state index is -0.736. The van der Waals surface area contributed by atoms with Crippen LogP contribution in [0.2, 0.25) is 10.0 Å². The van der Waals surface area contributed by atoms with Gasteiger partial charge < -0.3 is 9.64 Å². The van der Waals surface area contributed by atoms with Gasteiger partial charge in [-0.2, -0.15) is 0 Å². The van der Waals surface area contributed by atoms with Crippen LogP contribution in [0, 0.1) is 5.92 Å². The van der Waals surface area contributed by atoms with Crippen molar-refractivity contribution in [3.05, 3.63) is 64.1 Å². The molecule has 0 saturated carbocycles. The van der Waals surface area contributed by atoms with Crippen LogP contribution in [-0.2, 0) is 19.1 Å². The molecule has 3 rings (SSSR count). The number of rotatable bonds is 5. The van der Waals surface area contributed by atoms with Crippen LogP contribution >= 0.6 is 23.2 Å². The van der Waals surface area contributed by atoms with Gasteiger partial charge in [-0.15, -0.1) is 0 Å². The summed E-state index contributed by atoms with van der Waals surface area (Å²) in [6.07, 6.45) is -0.0315. The van der Waals surface area contributed by atoms with E-state index in [2.05, 4.69) is 10.9 Å². The van der Waals surface area contributed by atoms with Crippen molar-refractivity contribution in [2.75, 3.05) is 18.1 Å². The standard InChI is InChI=1S/C20H17Cl2N3O5/c21-13-4-3-5-14(9-13)25-10-12(8-18(25)27)20(29)30-11-17(26)23-24-19(28)15-6-1-2-7-16(15)22/h1-7,9,12H,8,10-11H2,(H,23,26)(H,24,28)/t12-/m1/s1. The van der Waals surface area contributed by atoms with E-state index >= 15 is 0 Å². The number of carbonyl (C=O) groups excluding carboxylic acids is 4. The van der Waals surface area contributed by atoms with Crippen LogP contribution in [0.3, 0.4) is 0 Å². The van der Waals surface area contributed by atoms with Gasteiger partial charge in [-0.05, 0) is 30.3 Å². The van der Waals surface area contributed by atoms with Gasteiger partial charge in [0.05, 0.1) is 16.5 Å². The first kappa shape index (κ1) is 21.6. The number of hydrogen-bond acceptors (Lipinski definition) is 5. The zero-order chi connectivity index (χ0) is 21.7. The van der Waals surface area contributed by atoms with Crippen molar-refractivity contribution in [3.63, 3.8) is 0 Å². The molecular weight excluding hydrogens is 433 g/mol. The zero-order valence-electron chi connectivity index (χ0n) is 15.6. The second-order valence-electron chi connectivity index (χ2n) is 6.48. The molecule has 156 valence electrons. The number of carbonyl (C=O) groups is 4. The molecule has 30 heavy (non-hydrogen) atoms. The molecule has 0 bridgehead atoms. The van der Waals surface area contributed by atoms with Gasteiger partial charge in [0.15, 0.2) is 6.61 Å². The topological polar surface area (TPSA) is 105 Å². The maximum atomic E-state index is 12.2. The molecule has 0 aromatic heterocycles. The molecule has 1 fully saturated rings. The molecule has 1 heterocycles. The fourth-order valence-corrected chi connectivity index (χ4v) is 3.29. The average Bonchev–Trinajstić information content (AvgIpc) is 3.12. The molecule has 2 N–H and O–H groups in total. The molecule has 1 saturated heterocycles. The summed E-state index contributed by atoms with van der Waals surface area (Å²) in [7, 11) is 0. The van der Waals surface area contributed by atoms with Crippen LogP contribution in [0.1, 0.15) is 16.8 Å². The first-order chi connectivity index (χ1) is 14.3. The highest BCUT2D eigenvalue weighted by molar-refractivity contribution is 6.33. The molecule has 0 aliphatic carbocycles. The van der Waals surface area contributed by atoms with E-state index in [0.717, 1.165) is 0 Å². The first-order valence-corrected chi connectivity index (χ1v) is 9.67. The number of nitrogens with one attached hydrogen (secondary N) is 2. The molecule has 2 aromatic carbocycles. The summed E-state index contributed by atoms with van der Waals surface area (Å²) in [5.41, 5.74) is 5.09. The van der Waals surface area contributed by atoms with Gasteiger partial charge in [-0.1, -0.05) is 41.4 Å². The summed E-state index contributed by atoms with van der Waals surface area (Å²) in [6, 6.07) is 13.0. The van der Waals surface area contributed by atoms with Crippen molar-refractivity contribution in [3.8, 4) is 0 Å². The van der Waals surface area contributed by atoms with E-state index in [1.165, 1.54) is 17.0 Å². The second-order valence-corrected chi connectivity index (χ2v) is 7.32. The lowest BCUT2D eigenvalue weighted by atomic mass is 10.1. The normalized spacial score (nSPS) is 15.6. The fourth-order valence-electron chi connectivity index (χ4n) is 2.89. The van der Waals surface area contributed by atoms with E-state index in [4.69, 9.17) is 27.9 Å². The summed E-state index contributed by atoms with van der Waals surface area (Å²) in [6.45, 7) is -0.480. The van der Waals surface area contributed by atoms with E-state index in [9.17, 15) is 19.2 Å². The monoisotopic (exact) mass is 449 g/mol. The second kappa shape index (κ2) is 9.60. The number of ether oxygens (including phenoxy) is 1. The predicted octanol–water partition coefficient (Wildman–Crippen LogP) is 2.35. The van der Waals surface area contributed by atoms with Crippen LogP contribution in [0.5, 0.6) is 0 Å². The quantitative estimate of drug-likeness (QED) is 0.538. The highest BCUT2D eigenvalue weighted by Crippen LogP contribution is 2.27. The van der Waals surface area contributed by atoms with E-state index in [-0.39, 0.29) is 29.5 Å². The Balaban J connectivity index is 1.46. The summed E-state index contributed by atoms with van der Waals surface area (Å²) < 4.78 is 4.97. The maximum Gasteiger partial charge on any atom is 0.311 e. The number of anilines is 1. The molecule has 1 aliphatic rings. The van der Waals surface area contributed by atoms with Gasteiger partial charge in [0.1, 0.15) is 0 Å². The van der Waals surface area contributed by atoms with E-state index in [0.29, 0.717) is 10.7 Å². The maximum absolute atomic E-state index is 12.2. The van der Waals surface area contributed by atoms with Gasteiger partial charge in [0.2, 0.25) is 5.91 Å². The Morgan fingerprint density at radius 3 is 2.57 bits per heavy atom. The summed E-state index contributed by atoms with van der Waals surface area (Å²) in [4.78, 5) is 49.7. The molecule has 0 radical (unpaired) electrons. The van der Waals surface area contributed by atoms with Crippen molar-refractivity contribution in [1.29, 1.82) is 0 Å². The predicted molar refractivity (Wildman–Crippen MR) is 110 cm³/mol. The summed E-state index contributed by atoms with van der Waals surface area (Å²) in [5, 5.41) is 0.702. The molecular formula is C20H17Cl2N3O5. The lowest BCUT2D eigenvalue weighted by Crippen LogP contribution is -2.44. The summed E-state index contributed by atoms with van der Waals surface area (Å²) in [5.74, 6) is -2.98. The molecule has 2 aromatic rings. The van der Waals surface area contributed by atoms with E-state index in [1.54, 1.807) is 36.4 Å². The molecule has 10 heteroatoms. The Labute approximate surface area is 182 Å². The summed E-state index contributed by atoms with van der Waals surface area (Å²) >= 11 is 11.8. The third-order valence-corrected chi connectivity index (χ3v) is 4.92. The Hall–Kier alpha value is -3.10. The lowest BCUT2D eigenvalue weighted by molar-refractivity contribution is -0.152. The number of hydrogen-bond donors (Lipinski definition) is 2. The van der Waals surface area contributed by atoms with Crippen molar-refractivity contribution >= 4 is 52.6 Å². The molecule has 8 nitrogen and oxygen atoms in total. The number of amides is 3. The number of hydrazine groups is 1. The fraction of sp³-hybridized carbons (Fsp3) is 0.200. The molecule has 1 aliphatic heterocycles. The minimum absolute atomic E-state index is 0.0315.